The molecule has 0 heterocycles. The van der Waals surface area contributed by atoms with Crippen LogP contribution >= 0.6 is 0 Å². The smallest absolute Gasteiger partial charge is 0.146 e. The number of hydrogen-bond donors (Lipinski definition) is 1. The second-order valence-corrected chi connectivity index (χ2v) is 5.16. The highest BCUT2D eigenvalue weighted by Gasteiger charge is 2.20. The molecule has 0 atom stereocenters. The maximum atomic E-state index is 9.90. The van der Waals surface area contributed by atoms with Gasteiger partial charge in [0.05, 0.1) is 25.5 Å². The predicted molar refractivity (Wildman–Crippen MR) is 73.9 cm³/mol. The number of hydrogen-bond acceptors (Lipinski definition) is 4. The zero-order valence-electron chi connectivity index (χ0n) is 12.1. The summed E-state index contributed by atoms with van der Waals surface area (Å²) in [4.78, 5) is 1.99. The average molecular weight is 253 g/mol. The number of benzene rings is 1. The predicted octanol–water partition coefficient (Wildman–Crippen LogP) is 2.22. The Kier molecular flexibility index (Phi) is 4.46. The fourth-order valence-electron chi connectivity index (χ4n) is 2.14. The van der Waals surface area contributed by atoms with E-state index in [4.69, 9.17) is 9.47 Å². The van der Waals surface area contributed by atoms with Crippen molar-refractivity contribution in [1.29, 1.82) is 0 Å². The van der Waals surface area contributed by atoms with E-state index in [-0.39, 0.29) is 0 Å². The van der Waals surface area contributed by atoms with Gasteiger partial charge in [-0.15, -0.1) is 0 Å². The van der Waals surface area contributed by atoms with Crippen LogP contribution in [0.5, 0.6) is 11.5 Å². The Morgan fingerprint density at radius 1 is 1.22 bits per heavy atom. The zero-order chi connectivity index (χ0) is 13.9. The van der Waals surface area contributed by atoms with Gasteiger partial charge in [-0.2, -0.15) is 0 Å². The van der Waals surface area contributed by atoms with E-state index in [1.165, 1.54) is 0 Å². The molecule has 102 valence electrons. The van der Waals surface area contributed by atoms with Gasteiger partial charge in [-0.1, -0.05) is 0 Å². The van der Waals surface area contributed by atoms with Crippen LogP contribution in [0.25, 0.3) is 0 Å². The molecule has 0 aliphatic rings. The molecule has 18 heavy (non-hydrogen) atoms. The summed E-state index contributed by atoms with van der Waals surface area (Å²) >= 11 is 0. The summed E-state index contributed by atoms with van der Waals surface area (Å²) in [5.74, 6) is 1.52. The second-order valence-electron chi connectivity index (χ2n) is 5.16. The molecule has 0 bridgehead atoms. The van der Waals surface area contributed by atoms with Crippen LogP contribution in [0.2, 0.25) is 0 Å². The van der Waals surface area contributed by atoms with Crippen molar-refractivity contribution < 1.29 is 14.6 Å². The van der Waals surface area contributed by atoms with Gasteiger partial charge in [0.15, 0.2) is 0 Å². The number of nitrogens with zero attached hydrogens (tertiary/aromatic N) is 1. The van der Waals surface area contributed by atoms with Gasteiger partial charge in [0.1, 0.15) is 11.5 Å². The first-order chi connectivity index (χ1) is 8.28. The van der Waals surface area contributed by atoms with Crippen LogP contribution in [-0.2, 0) is 0 Å². The molecule has 1 aromatic rings. The molecule has 0 radical (unpaired) electrons. The SMILES string of the molecule is COc1cc(C)c(N(C)CC(C)(C)O)c(OC)c1. The molecule has 1 aromatic carbocycles. The second kappa shape index (κ2) is 5.48. The van der Waals surface area contributed by atoms with Crippen molar-refractivity contribution in [3.63, 3.8) is 0 Å². The van der Waals surface area contributed by atoms with Gasteiger partial charge >= 0.3 is 0 Å². The molecule has 0 spiro atoms. The van der Waals surface area contributed by atoms with Crippen LogP contribution in [0.1, 0.15) is 19.4 Å². The van der Waals surface area contributed by atoms with Gasteiger partial charge in [0, 0.05) is 19.7 Å². The molecule has 4 heteroatoms. The minimum absolute atomic E-state index is 0.524. The number of anilines is 1. The maximum Gasteiger partial charge on any atom is 0.146 e. The molecule has 0 aromatic heterocycles. The van der Waals surface area contributed by atoms with Gasteiger partial charge < -0.3 is 19.5 Å². The fourth-order valence-corrected chi connectivity index (χ4v) is 2.14. The summed E-state index contributed by atoms with van der Waals surface area (Å²) < 4.78 is 10.6. The Labute approximate surface area is 109 Å². The average Bonchev–Trinajstić information content (AvgIpc) is 2.24. The highest BCUT2D eigenvalue weighted by atomic mass is 16.5. The molecule has 4 nitrogen and oxygen atoms in total. The third kappa shape index (κ3) is 3.53. The van der Waals surface area contributed by atoms with Gasteiger partial charge in [0.25, 0.3) is 0 Å². The lowest BCUT2D eigenvalue weighted by atomic mass is 10.1. The molecule has 0 fully saturated rings. The molecule has 0 amide bonds. The van der Waals surface area contributed by atoms with Gasteiger partial charge in [-0.05, 0) is 32.4 Å². The van der Waals surface area contributed by atoms with Crippen LogP contribution in [-0.4, -0.2) is 38.5 Å². The van der Waals surface area contributed by atoms with E-state index in [9.17, 15) is 5.11 Å². The van der Waals surface area contributed by atoms with E-state index in [1.807, 2.05) is 31.0 Å². The Morgan fingerprint density at radius 3 is 2.28 bits per heavy atom. The minimum atomic E-state index is -0.758. The van der Waals surface area contributed by atoms with Crippen molar-refractivity contribution in [3.05, 3.63) is 17.7 Å². The molecule has 0 saturated heterocycles. The van der Waals surface area contributed by atoms with E-state index in [2.05, 4.69) is 0 Å². The summed E-state index contributed by atoms with van der Waals surface area (Å²) in [6.07, 6.45) is 0. The molecule has 1 N–H and O–H groups in total. The van der Waals surface area contributed by atoms with Crippen LogP contribution in [0.15, 0.2) is 12.1 Å². The Hall–Kier alpha value is -1.42. The van der Waals surface area contributed by atoms with Crippen molar-refractivity contribution in [1.82, 2.24) is 0 Å². The lowest BCUT2D eigenvalue weighted by Gasteiger charge is -2.29. The molecule has 0 unspecified atom stereocenters. The third-order valence-electron chi connectivity index (χ3n) is 2.70. The van der Waals surface area contributed by atoms with Crippen molar-refractivity contribution >= 4 is 5.69 Å². The van der Waals surface area contributed by atoms with E-state index in [0.29, 0.717) is 6.54 Å². The normalized spacial score (nSPS) is 11.3. The minimum Gasteiger partial charge on any atom is -0.497 e. The van der Waals surface area contributed by atoms with Crippen molar-refractivity contribution in [2.45, 2.75) is 26.4 Å². The first-order valence-electron chi connectivity index (χ1n) is 5.94. The number of aliphatic hydroxyl groups is 1. The molecule has 0 aliphatic carbocycles. The van der Waals surface area contributed by atoms with Crippen LogP contribution in [0.3, 0.4) is 0 Å². The first kappa shape index (κ1) is 14.6. The van der Waals surface area contributed by atoms with E-state index in [1.54, 1.807) is 28.1 Å². The monoisotopic (exact) mass is 253 g/mol. The molecule has 0 saturated carbocycles. The number of aryl methyl sites for hydroxylation is 1. The Morgan fingerprint density at radius 2 is 1.83 bits per heavy atom. The molecule has 0 aliphatic heterocycles. The summed E-state index contributed by atoms with van der Waals surface area (Å²) in [5, 5.41) is 9.90. The van der Waals surface area contributed by atoms with E-state index >= 15 is 0 Å². The van der Waals surface area contributed by atoms with Crippen molar-refractivity contribution in [2.75, 3.05) is 32.7 Å². The van der Waals surface area contributed by atoms with Crippen LogP contribution in [0, 0.1) is 6.92 Å². The highest BCUT2D eigenvalue weighted by molar-refractivity contribution is 5.66. The summed E-state index contributed by atoms with van der Waals surface area (Å²) in [5.41, 5.74) is 1.27. The number of likely N-dealkylation sites (N-methyl/N-ethyl adjacent to an activating group) is 1. The van der Waals surface area contributed by atoms with E-state index < -0.39 is 5.60 Å². The quantitative estimate of drug-likeness (QED) is 0.873. The lowest BCUT2D eigenvalue weighted by molar-refractivity contribution is 0.0885. The third-order valence-corrected chi connectivity index (χ3v) is 2.70. The molecular weight excluding hydrogens is 230 g/mol. The van der Waals surface area contributed by atoms with Crippen LogP contribution < -0.4 is 14.4 Å². The summed E-state index contributed by atoms with van der Waals surface area (Å²) in [6, 6.07) is 3.81. The number of rotatable bonds is 5. The molecular formula is C14H23NO3. The Balaban J connectivity index is 3.14. The zero-order valence-corrected chi connectivity index (χ0v) is 12.1. The van der Waals surface area contributed by atoms with Gasteiger partial charge in [0.2, 0.25) is 0 Å². The van der Waals surface area contributed by atoms with Gasteiger partial charge in [-0.25, -0.2) is 0 Å². The van der Waals surface area contributed by atoms with Crippen molar-refractivity contribution in [3.8, 4) is 11.5 Å². The van der Waals surface area contributed by atoms with Gasteiger partial charge in [-0.3, -0.25) is 0 Å². The number of ether oxygens (including phenoxy) is 2. The Bertz CT molecular complexity index is 410. The van der Waals surface area contributed by atoms with Crippen molar-refractivity contribution in [2.24, 2.45) is 0 Å². The number of methoxy groups -OCH3 is 2. The largest absolute Gasteiger partial charge is 0.497 e. The summed E-state index contributed by atoms with van der Waals surface area (Å²) in [6.45, 7) is 6.10. The van der Waals surface area contributed by atoms with Crippen LogP contribution in [0.4, 0.5) is 5.69 Å². The van der Waals surface area contributed by atoms with E-state index in [0.717, 1.165) is 22.7 Å². The topological polar surface area (TPSA) is 41.9 Å². The lowest BCUT2D eigenvalue weighted by Crippen LogP contribution is -2.36. The standard InChI is InChI=1S/C14H23NO3/c1-10-7-11(17-5)8-12(18-6)13(10)15(4)9-14(2,3)16/h7-8,16H,9H2,1-6H3. The summed E-state index contributed by atoms with van der Waals surface area (Å²) in [7, 11) is 5.21. The maximum absolute atomic E-state index is 9.90. The highest BCUT2D eigenvalue weighted by Crippen LogP contribution is 2.35. The molecule has 1 rings (SSSR count). The fraction of sp³-hybridized carbons (Fsp3) is 0.571. The first-order valence-corrected chi connectivity index (χ1v) is 5.94.